The third-order valence-corrected chi connectivity index (χ3v) is 3.69. The van der Waals surface area contributed by atoms with Gasteiger partial charge in [-0.15, -0.1) is 0 Å². The topological polar surface area (TPSA) is 32.3 Å². The molecule has 3 heteroatoms. The highest BCUT2D eigenvalue weighted by molar-refractivity contribution is 6.31. The van der Waals surface area contributed by atoms with Gasteiger partial charge in [-0.3, -0.25) is 0 Å². The molecular formula is C16H26ClNO. The Hall–Kier alpha value is -0.570. The Balaban J connectivity index is 2.30. The number of rotatable bonds is 8. The fraction of sp³-hybridized carbons (Fsp3) is 0.625. The first-order chi connectivity index (χ1) is 9.00. The quantitative estimate of drug-likeness (QED) is 0.750. The third kappa shape index (κ3) is 6.42. The monoisotopic (exact) mass is 283 g/mol. The number of aliphatic hydroxyl groups excluding tert-OH is 1. The molecule has 108 valence electrons. The summed E-state index contributed by atoms with van der Waals surface area (Å²) in [6.07, 6.45) is 3.10. The first-order valence-electron chi connectivity index (χ1n) is 7.16. The van der Waals surface area contributed by atoms with Gasteiger partial charge in [0, 0.05) is 23.2 Å². The molecule has 0 fully saturated rings. The van der Waals surface area contributed by atoms with Crippen LogP contribution < -0.4 is 5.32 Å². The van der Waals surface area contributed by atoms with Gasteiger partial charge < -0.3 is 10.4 Å². The van der Waals surface area contributed by atoms with E-state index in [4.69, 9.17) is 11.6 Å². The molecule has 0 heterocycles. The fourth-order valence-corrected chi connectivity index (χ4v) is 2.36. The summed E-state index contributed by atoms with van der Waals surface area (Å²) in [6, 6.07) is 7.89. The molecule has 19 heavy (non-hydrogen) atoms. The zero-order valence-corrected chi connectivity index (χ0v) is 13.0. The van der Waals surface area contributed by atoms with Crippen LogP contribution in [0.2, 0.25) is 5.02 Å². The highest BCUT2D eigenvalue weighted by Crippen LogP contribution is 2.22. The smallest absolute Gasteiger partial charge is 0.0928 e. The van der Waals surface area contributed by atoms with Crippen molar-refractivity contribution in [2.45, 2.75) is 52.2 Å². The summed E-state index contributed by atoms with van der Waals surface area (Å²) in [7, 11) is 0. The van der Waals surface area contributed by atoms with Gasteiger partial charge in [0.2, 0.25) is 0 Å². The normalized spacial score (nSPS) is 14.6. The Bertz CT molecular complexity index is 368. The highest BCUT2D eigenvalue weighted by Gasteiger charge is 2.12. The number of hydrogen-bond acceptors (Lipinski definition) is 2. The molecule has 0 radical (unpaired) electrons. The molecule has 0 amide bonds. The van der Waals surface area contributed by atoms with E-state index in [1.54, 1.807) is 0 Å². The van der Waals surface area contributed by atoms with Crippen LogP contribution >= 0.6 is 11.6 Å². The highest BCUT2D eigenvalue weighted by atomic mass is 35.5. The molecule has 2 unspecified atom stereocenters. The van der Waals surface area contributed by atoms with E-state index in [0.29, 0.717) is 17.6 Å². The maximum Gasteiger partial charge on any atom is 0.0928 e. The van der Waals surface area contributed by atoms with Crippen LogP contribution in [0.4, 0.5) is 0 Å². The van der Waals surface area contributed by atoms with Crippen molar-refractivity contribution in [3.63, 3.8) is 0 Å². The van der Waals surface area contributed by atoms with Gasteiger partial charge in [-0.2, -0.15) is 0 Å². The summed E-state index contributed by atoms with van der Waals surface area (Å²) in [4.78, 5) is 0. The summed E-state index contributed by atoms with van der Waals surface area (Å²) in [5.41, 5.74) is 0.797. The maximum absolute atomic E-state index is 10.1. The molecule has 0 spiro atoms. The minimum Gasteiger partial charge on any atom is -0.387 e. The van der Waals surface area contributed by atoms with E-state index >= 15 is 0 Å². The fourth-order valence-electron chi connectivity index (χ4n) is 2.10. The predicted molar refractivity (Wildman–Crippen MR) is 82.6 cm³/mol. The molecule has 2 atom stereocenters. The van der Waals surface area contributed by atoms with Crippen molar-refractivity contribution in [1.29, 1.82) is 0 Å². The first-order valence-corrected chi connectivity index (χ1v) is 7.54. The van der Waals surface area contributed by atoms with Crippen LogP contribution in [0.3, 0.4) is 0 Å². The lowest BCUT2D eigenvalue weighted by molar-refractivity contribution is 0.170. The van der Waals surface area contributed by atoms with Crippen molar-refractivity contribution in [3.05, 3.63) is 34.9 Å². The lowest BCUT2D eigenvalue weighted by atomic mass is 10.0. The molecular weight excluding hydrogens is 258 g/mol. The predicted octanol–water partition coefficient (Wildman–Crippen LogP) is 4.18. The average molecular weight is 284 g/mol. The van der Waals surface area contributed by atoms with Gasteiger partial charge in [0.15, 0.2) is 0 Å². The van der Waals surface area contributed by atoms with Crippen molar-refractivity contribution in [2.75, 3.05) is 6.54 Å². The molecule has 0 bridgehead atoms. The second-order valence-electron chi connectivity index (χ2n) is 5.67. The summed E-state index contributed by atoms with van der Waals surface area (Å²) < 4.78 is 0. The minimum atomic E-state index is -0.541. The second-order valence-corrected chi connectivity index (χ2v) is 6.08. The van der Waals surface area contributed by atoms with Crippen LogP contribution in [0.1, 0.15) is 51.7 Å². The van der Waals surface area contributed by atoms with Crippen LogP contribution in [-0.2, 0) is 0 Å². The lowest BCUT2D eigenvalue weighted by Gasteiger charge is -2.18. The molecule has 0 aromatic heterocycles. The molecule has 0 saturated heterocycles. The summed E-state index contributed by atoms with van der Waals surface area (Å²) >= 11 is 6.07. The minimum absolute atomic E-state index is 0.427. The van der Waals surface area contributed by atoms with Crippen molar-refractivity contribution in [2.24, 2.45) is 5.92 Å². The molecule has 1 aromatic rings. The van der Waals surface area contributed by atoms with E-state index in [0.717, 1.165) is 17.9 Å². The molecule has 0 aliphatic heterocycles. The van der Waals surface area contributed by atoms with Crippen LogP contribution in [-0.4, -0.2) is 17.7 Å². The Morgan fingerprint density at radius 1 is 1.16 bits per heavy atom. The van der Waals surface area contributed by atoms with Crippen LogP contribution in [0, 0.1) is 5.92 Å². The van der Waals surface area contributed by atoms with Crippen LogP contribution in [0.25, 0.3) is 0 Å². The molecule has 1 rings (SSSR count). The van der Waals surface area contributed by atoms with Gasteiger partial charge in [0.05, 0.1) is 6.10 Å². The largest absolute Gasteiger partial charge is 0.387 e. The number of halogens is 1. The van der Waals surface area contributed by atoms with Crippen molar-refractivity contribution in [1.82, 2.24) is 5.32 Å². The van der Waals surface area contributed by atoms with Gasteiger partial charge in [-0.25, -0.2) is 0 Å². The summed E-state index contributed by atoms with van der Waals surface area (Å²) in [5, 5.41) is 14.1. The van der Waals surface area contributed by atoms with Crippen LogP contribution in [0.5, 0.6) is 0 Å². The number of benzene rings is 1. The van der Waals surface area contributed by atoms with Crippen molar-refractivity contribution < 1.29 is 5.11 Å². The molecule has 0 saturated carbocycles. The van der Waals surface area contributed by atoms with Gasteiger partial charge in [-0.05, 0) is 25.3 Å². The second kappa shape index (κ2) is 8.57. The third-order valence-electron chi connectivity index (χ3n) is 3.34. The molecule has 1 aromatic carbocycles. The molecule has 2 nitrogen and oxygen atoms in total. The van der Waals surface area contributed by atoms with E-state index in [9.17, 15) is 5.11 Å². The Kier molecular flexibility index (Phi) is 7.44. The first kappa shape index (κ1) is 16.5. The van der Waals surface area contributed by atoms with Gasteiger partial charge in [0.1, 0.15) is 0 Å². The number of nitrogens with one attached hydrogen (secondary N) is 1. The number of aliphatic hydroxyl groups is 1. The van der Waals surface area contributed by atoms with E-state index in [2.05, 4.69) is 26.1 Å². The van der Waals surface area contributed by atoms with E-state index in [-0.39, 0.29) is 0 Å². The maximum atomic E-state index is 10.1. The van der Waals surface area contributed by atoms with E-state index in [1.807, 2.05) is 24.3 Å². The standard InChI is InChI=1S/C16H26ClNO/c1-12(2)7-6-8-13(3)18-11-16(19)14-9-4-5-10-15(14)17/h4-5,9-10,12-13,16,18-19H,6-8,11H2,1-3H3. The zero-order chi connectivity index (χ0) is 14.3. The van der Waals surface area contributed by atoms with Crippen molar-refractivity contribution in [3.8, 4) is 0 Å². The molecule has 2 N–H and O–H groups in total. The zero-order valence-electron chi connectivity index (χ0n) is 12.2. The van der Waals surface area contributed by atoms with E-state index < -0.39 is 6.10 Å². The number of hydrogen-bond donors (Lipinski definition) is 2. The van der Waals surface area contributed by atoms with Crippen molar-refractivity contribution >= 4 is 11.6 Å². The van der Waals surface area contributed by atoms with E-state index in [1.165, 1.54) is 12.8 Å². The summed E-state index contributed by atoms with van der Waals surface area (Å²) in [5.74, 6) is 0.765. The molecule has 0 aliphatic rings. The average Bonchev–Trinajstić information content (AvgIpc) is 2.36. The van der Waals surface area contributed by atoms with Gasteiger partial charge in [-0.1, -0.05) is 56.5 Å². The Labute approximate surface area is 122 Å². The molecule has 0 aliphatic carbocycles. The van der Waals surface area contributed by atoms with Crippen LogP contribution in [0.15, 0.2) is 24.3 Å². The van der Waals surface area contributed by atoms with Gasteiger partial charge in [0.25, 0.3) is 0 Å². The van der Waals surface area contributed by atoms with Gasteiger partial charge >= 0.3 is 0 Å². The SMILES string of the molecule is CC(C)CCCC(C)NCC(O)c1ccccc1Cl. The summed E-state index contributed by atoms with van der Waals surface area (Å²) in [6.45, 7) is 7.21. The Morgan fingerprint density at radius 2 is 1.84 bits per heavy atom. The lowest BCUT2D eigenvalue weighted by Crippen LogP contribution is -2.30. The Morgan fingerprint density at radius 3 is 2.47 bits per heavy atom.